The summed E-state index contributed by atoms with van der Waals surface area (Å²) in [5.74, 6) is 1.85. The van der Waals surface area contributed by atoms with Crippen LogP contribution in [0.3, 0.4) is 0 Å². The van der Waals surface area contributed by atoms with Crippen LogP contribution in [-0.2, 0) is 6.54 Å². The Balaban J connectivity index is 0.000000298. The number of anilines is 1. The van der Waals surface area contributed by atoms with Crippen LogP contribution in [0.5, 0.6) is 0 Å². The molecular weight excluding hydrogens is 551 g/mol. The second-order valence-electron chi connectivity index (χ2n) is 12.1. The smallest absolute Gasteiger partial charge is 0.199 e. The summed E-state index contributed by atoms with van der Waals surface area (Å²) < 4.78 is 0. The molecule has 1 saturated heterocycles. The van der Waals surface area contributed by atoms with E-state index in [-0.39, 0.29) is 0 Å². The molecule has 0 amide bonds. The molecule has 3 fully saturated rings. The normalized spacial score (nSPS) is 24.7. The lowest BCUT2D eigenvalue weighted by molar-refractivity contribution is 0.147. The summed E-state index contributed by atoms with van der Waals surface area (Å²) in [6.45, 7) is 14.4. The molecule has 2 aromatic rings. The Labute approximate surface area is 257 Å². The van der Waals surface area contributed by atoms with Gasteiger partial charge in [0.2, 0.25) is 0 Å². The van der Waals surface area contributed by atoms with Gasteiger partial charge in [-0.05, 0) is 80.4 Å². The van der Waals surface area contributed by atoms with Gasteiger partial charge in [-0.1, -0.05) is 68.6 Å². The third-order valence-electron chi connectivity index (χ3n) is 8.73. The van der Waals surface area contributed by atoms with Crippen LogP contribution in [-0.4, -0.2) is 73.0 Å². The Bertz CT molecular complexity index is 1200. The summed E-state index contributed by atoms with van der Waals surface area (Å²) in [6, 6.07) is 15.7. The zero-order valence-electron chi connectivity index (χ0n) is 25.2. The molecule has 2 aliphatic heterocycles. The lowest BCUT2D eigenvalue weighted by Crippen LogP contribution is -2.48. The van der Waals surface area contributed by atoms with E-state index in [1.165, 1.54) is 64.8 Å². The molecule has 2 aromatic carbocycles. The van der Waals surface area contributed by atoms with Gasteiger partial charge >= 0.3 is 0 Å². The standard InChI is InChI=1S/C23H33Cl2N5.C7H5N.C3H8/c1-23-5-4-21(17(23)14-23)30(7-3-6-29-10-8-28(2)9-11-29)22-26-15-16-12-18(24)19(25)13-20(16)27-22;8-6-7-4-2-1-3-5-7;1-3-2/h12-13,17,21H,3-11,14-15H2,1-2H3,(H,26,27);1-5H;3H2,1-2H3. The summed E-state index contributed by atoms with van der Waals surface area (Å²) >= 11 is 12.5. The van der Waals surface area contributed by atoms with Crippen molar-refractivity contribution in [3.63, 3.8) is 0 Å². The number of aliphatic imine (C=N–C) groups is 1. The minimum absolute atomic E-state index is 0.574. The molecule has 0 aromatic heterocycles. The van der Waals surface area contributed by atoms with E-state index in [2.05, 4.69) is 47.8 Å². The number of hydrogen-bond donors (Lipinski definition) is 1. The van der Waals surface area contributed by atoms with E-state index in [1.807, 2.05) is 36.4 Å². The number of halogens is 2. The van der Waals surface area contributed by atoms with E-state index >= 15 is 0 Å². The first-order valence-electron chi connectivity index (χ1n) is 15.2. The van der Waals surface area contributed by atoms with Crippen molar-refractivity contribution in [2.75, 3.05) is 51.6 Å². The summed E-state index contributed by atoms with van der Waals surface area (Å²) in [5.41, 5.74) is 3.46. The second kappa shape index (κ2) is 14.7. The highest BCUT2D eigenvalue weighted by Gasteiger charge is 2.59. The summed E-state index contributed by atoms with van der Waals surface area (Å²) in [4.78, 5) is 12.6. The predicted molar refractivity (Wildman–Crippen MR) is 173 cm³/mol. The van der Waals surface area contributed by atoms with Gasteiger partial charge in [0.1, 0.15) is 0 Å². The van der Waals surface area contributed by atoms with Gasteiger partial charge in [0.05, 0.1) is 28.2 Å². The number of fused-ring (bicyclic) bond motifs is 2. The molecule has 1 N–H and O–H groups in total. The average Bonchev–Trinajstić information content (AvgIpc) is 3.54. The lowest BCUT2D eigenvalue weighted by atomic mass is 10.1. The van der Waals surface area contributed by atoms with Gasteiger partial charge < -0.3 is 20.0 Å². The molecule has 6 nitrogen and oxygen atoms in total. The summed E-state index contributed by atoms with van der Waals surface area (Å²) in [6.07, 6.45) is 6.43. The van der Waals surface area contributed by atoms with Gasteiger partial charge in [0.25, 0.3) is 0 Å². The molecule has 8 heteroatoms. The van der Waals surface area contributed by atoms with E-state index in [0.29, 0.717) is 33.6 Å². The van der Waals surface area contributed by atoms with Crippen molar-refractivity contribution in [1.29, 1.82) is 5.26 Å². The maximum absolute atomic E-state index is 8.29. The van der Waals surface area contributed by atoms with Crippen LogP contribution in [0.4, 0.5) is 5.69 Å². The lowest BCUT2D eigenvalue weighted by Gasteiger charge is -2.37. The van der Waals surface area contributed by atoms with Crippen molar-refractivity contribution in [2.45, 2.75) is 65.5 Å². The number of nitriles is 1. The number of guanidine groups is 1. The molecule has 2 heterocycles. The molecule has 3 atom stereocenters. The minimum atomic E-state index is 0.574. The molecule has 222 valence electrons. The number of rotatable bonds is 5. The summed E-state index contributed by atoms with van der Waals surface area (Å²) in [7, 11) is 2.22. The first-order valence-corrected chi connectivity index (χ1v) is 16.0. The van der Waals surface area contributed by atoms with Gasteiger partial charge in [-0.15, -0.1) is 0 Å². The quantitative estimate of drug-likeness (QED) is 0.390. The fraction of sp³-hybridized carbons (Fsp3) is 0.576. The molecule has 6 rings (SSSR count). The zero-order valence-corrected chi connectivity index (χ0v) is 26.7. The first kappa shape index (κ1) is 31.6. The van der Waals surface area contributed by atoms with E-state index in [0.717, 1.165) is 29.7 Å². The Morgan fingerprint density at radius 2 is 1.78 bits per heavy atom. The Morgan fingerprint density at radius 1 is 1.10 bits per heavy atom. The number of nitrogens with one attached hydrogen (secondary N) is 1. The molecule has 41 heavy (non-hydrogen) atoms. The maximum Gasteiger partial charge on any atom is 0.199 e. The van der Waals surface area contributed by atoms with Crippen LogP contribution in [0.2, 0.25) is 10.0 Å². The van der Waals surface area contributed by atoms with Crippen molar-refractivity contribution in [3.8, 4) is 6.07 Å². The monoisotopic (exact) mass is 596 g/mol. The molecule has 0 bridgehead atoms. The zero-order chi connectivity index (χ0) is 29.4. The van der Waals surface area contributed by atoms with Crippen molar-refractivity contribution in [1.82, 2.24) is 14.7 Å². The van der Waals surface area contributed by atoms with Gasteiger partial charge in [-0.25, -0.2) is 4.99 Å². The van der Waals surface area contributed by atoms with Crippen LogP contribution in [0.15, 0.2) is 47.5 Å². The third-order valence-corrected chi connectivity index (χ3v) is 9.46. The number of benzene rings is 2. The van der Waals surface area contributed by atoms with Gasteiger partial charge in [0, 0.05) is 44.5 Å². The maximum atomic E-state index is 8.29. The molecule has 0 spiro atoms. The van der Waals surface area contributed by atoms with Gasteiger partial charge in [0.15, 0.2) is 5.96 Å². The fourth-order valence-corrected chi connectivity index (χ4v) is 6.53. The van der Waals surface area contributed by atoms with Crippen LogP contribution in [0, 0.1) is 22.7 Å². The van der Waals surface area contributed by atoms with Gasteiger partial charge in [-0.3, -0.25) is 0 Å². The Morgan fingerprint density at radius 3 is 2.37 bits per heavy atom. The van der Waals surface area contributed by atoms with Crippen LogP contribution >= 0.6 is 23.2 Å². The topological polar surface area (TPSA) is 57.9 Å². The van der Waals surface area contributed by atoms with Crippen molar-refractivity contribution < 1.29 is 0 Å². The molecule has 3 unspecified atom stereocenters. The minimum Gasteiger partial charge on any atom is -0.339 e. The highest BCUT2D eigenvalue weighted by Crippen LogP contribution is 2.64. The average molecular weight is 598 g/mol. The van der Waals surface area contributed by atoms with Crippen molar-refractivity contribution >= 4 is 34.8 Å². The number of hydrogen-bond acceptors (Lipinski definition) is 6. The predicted octanol–water partition coefficient (Wildman–Crippen LogP) is 7.38. The van der Waals surface area contributed by atoms with Crippen molar-refractivity contribution in [2.24, 2.45) is 16.3 Å². The molecule has 2 aliphatic carbocycles. The summed E-state index contributed by atoms with van der Waals surface area (Å²) in [5, 5.41) is 13.1. The molecule has 4 aliphatic rings. The highest BCUT2D eigenvalue weighted by molar-refractivity contribution is 6.42. The number of nitrogens with zero attached hydrogens (tertiary/aromatic N) is 5. The van der Waals surface area contributed by atoms with E-state index in [9.17, 15) is 0 Å². The van der Waals surface area contributed by atoms with E-state index in [1.54, 1.807) is 12.1 Å². The van der Waals surface area contributed by atoms with Crippen LogP contribution < -0.4 is 5.32 Å². The van der Waals surface area contributed by atoms with Gasteiger partial charge in [-0.2, -0.15) is 5.26 Å². The van der Waals surface area contributed by atoms with Crippen LogP contribution in [0.25, 0.3) is 0 Å². The van der Waals surface area contributed by atoms with E-state index in [4.69, 9.17) is 33.5 Å². The molecule has 2 saturated carbocycles. The first-order chi connectivity index (χ1) is 19.8. The Kier molecular flexibility index (Phi) is 11.4. The van der Waals surface area contributed by atoms with E-state index < -0.39 is 0 Å². The van der Waals surface area contributed by atoms with Crippen molar-refractivity contribution in [3.05, 3.63) is 63.6 Å². The highest BCUT2D eigenvalue weighted by atomic mass is 35.5. The molecular formula is C33H46Cl2N6. The van der Waals surface area contributed by atoms with Crippen LogP contribution in [0.1, 0.15) is 64.0 Å². The number of piperazine rings is 1. The second-order valence-corrected chi connectivity index (χ2v) is 13.0. The number of likely N-dealkylation sites (N-methyl/N-ethyl adjacent to an activating group) is 1. The Hall–Kier alpha value is -2.30. The SMILES string of the molecule is CCC.CN1CCN(CCCN(C2=NCc3cc(Cl)c(Cl)cc3N2)C2CCC3(C)CC23)CC1.N#Cc1ccccc1. The fourth-order valence-electron chi connectivity index (χ4n) is 6.18. The molecule has 0 radical (unpaired) electrons. The third kappa shape index (κ3) is 8.38. The largest absolute Gasteiger partial charge is 0.339 e.